The summed E-state index contributed by atoms with van der Waals surface area (Å²) in [6.45, 7) is 3.91. The van der Waals surface area contributed by atoms with E-state index in [1.807, 2.05) is 19.1 Å². The highest BCUT2D eigenvalue weighted by atomic mass is 16.5. The SMILES string of the molecule is CCOC(=O)c1[nH]c2cc(C)ccc2c(=O)c1-c1ccc[nH]1. The summed E-state index contributed by atoms with van der Waals surface area (Å²) in [5.74, 6) is -0.535. The maximum atomic E-state index is 12.8. The number of esters is 1. The third-order valence-electron chi connectivity index (χ3n) is 3.50. The highest BCUT2D eigenvalue weighted by molar-refractivity contribution is 5.98. The fourth-order valence-electron chi connectivity index (χ4n) is 2.50. The highest BCUT2D eigenvalue weighted by Crippen LogP contribution is 2.22. The summed E-state index contributed by atoms with van der Waals surface area (Å²) in [5, 5.41) is 0.545. The van der Waals surface area contributed by atoms with Crippen LogP contribution in [0.2, 0.25) is 0 Å². The molecule has 0 aliphatic rings. The Hall–Kier alpha value is -2.82. The number of hydrogen-bond acceptors (Lipinski definition) is 3. The van der Waals surface area contributed by atoms with Crippen molar-refractivity contribution >= 4 is 16.9 Å². The molecule has 5 heteroatoms. The summed E-state index contributed by atoms with van der Waals surface area (Å²) < 4.78 is 5.08. The molecule has 0 spiro atoms. The Kier molecular flexibility index (Phi) is 3.55. The fraction of sp³-hybridized carbons (Fsp3) is 0.176. The van der Waals surface area contributed by atoms with Gasteiger partial charge in [-0.05, 0) is 43.7 Å². The molecule has 0 aliphatic carbocycles. The van der Waals surface area contributed by atoms with Gasteiger partial charge in [-0.2, -0.15) is 0 Å². The molecule has 0 fully saturated rings. The molecule has 1 aromatic carbocycles. The molecule has 0 aliphatic heterocycles. The molecule has 112 valence electrons. The molecule has 0 bridgehead atoms. The Balaban J connectivity index is 2.37. The van der Waals surface area contributed by atoms with Crippen molar-refractivity contribution in [1.82, 2.24) is 9.97 Å². The normalized spacial score (nSPS) is 10.8. The number of pyridine rings is 1. The molecule has 5 nitrogen and oxygen atoms in total. The van der Waals surface area contributed by atoms with Gasteiger partial charge in [-0.3, -0.25) is 4.79 Å². The smallest absolute Gasteiger partial charge is 0.355 e. The third-order valence-corrected chi connectivity index (χ3v) is 3.50. The lowest BCUT2D eigenvalue weighted by atomic mass is 10.0. The number of aromatic amines is 2. The quantitative estimate of drug-likeness (QED) is 0.730. The van der Waals surface area contributed by atoms with Gasteiger partial charge < -0.3 is 14.7 Å². The van der Waals surface area contributed by atoms with Crippen LogP contribution in [0.15, 0.2) is 41.3 Å². The van der Waals surface area contributed by atoms with Crippen LogP contribution >= 0.6 is 0 Å². The Labute approximate surface area is 126 Å². The van der Waals surface area contributed by atoms with Crippen LogP contribution in [0.25, 0.3) is 22.2 Å². The number of nitrogens with one attached hydrogen (secondary N) is 2. The summed E-state index contributed by atoms with van der Waals surface area (Å²) in [5.41, 5.74) is 2.51. The number of benzene rings is 1. The molecular formula is C17H16N2O3. The Morgan fingerprint density at radius 2 is 2.09 bits per heavy atom. The van der Waals surface area contributed by atoms with Crippen LogP contribution in [0.3, 0.4) is 0 Å². The van der Waals surface area contributed by atoms with Crippen molar-refractivity contribution < 1.29 is 9.53 Å². The van der Waals surface area contributed by atoms with E-state index < -0.39 is 5.97 Å². The fourth-order valence-corrected chi connectivity index (χ4v) is 2.50. The van der Waals surface area contributed by atoms with Crippen molar-refractivity contribution in [3.8, 4) is 11.3 Å². The van der Waals surface area contributed by atoms with Crippen molar-refractivity contribution in [3.05, 3.63) is 58.0 Å². The first-order valence-electron chi connectivity index (χ1n) is 7.09. The summed E-state index contributed by atoms with van der Waals surface area (Å²) in [6, 6.07) is 9.03. The van der Waals surface area contributed by atoms with Crippen LogP contribution in [0, 0.1) is 6.92 Å². The molecule has 0 radical (unpaired) electrons. The van der Waals surface area contributed by atoms with Gasteiger partial charge in [0.1, 0.15) is 5.69 Å². The molecule has 0 atom stereocenters. The van der Waals surface area contributed by atoms with Gasteiger partial charge >= 0.3 is 5.97 Å². The second-order valence-corrected chi connectivity index (χ2v) is 5.06. The zero-order chi connectivity index (χ0) is 15.7. The van der Waals surface area contributed by atoms with Gasteiger partial charge in [-0.15, -0.1) is 0 Å². The minimum atomic E-state index is -0.535. The predicted octanol–water partition coefficient (Wildman–Crippen LogP) is 3.01. The van der Waals surface area contributed by atoms with Crippen molar-refractivity contribution in [2.45, 2.75) is 13.8 Å². The number of carbonyl (C=O) groups is 1. The first-order valence-corrected chi connectivity index (χ1v) is 7.09. The zero-order valence-corrected chi connectivity index (χ0v) is 12.4. The molecule has 22 heavy (non-hydrogen) atoms. The number of aromatic nitrogens is 2. The van der Waals surface area contributed by atoms with E-state index in [9.17, 15) is 9.59 Å². The molecule has 0 unspecified atom stereocenters. The molecule has 3 aromatic rings. The average molecular weight is 296 g/mol. The molecule has 0 saturated carbocycles. The van der Waals surface area contributed by atoms with Crippen molar-refractivity contribution in [1.29, 1.82) is 0 Å². The van der Waals surface area contributed by atoms with E-state index in [0.29, 0.717) is 22.2 Å². The van der Waals surface area contributed by atoms with Gasteiger partial charge in [-0.25, -0.2) is 4.79 Å². The molecule has 3 rings (SSSR count). The molecule has 2 aromatic heterocycles. The van der Waals surface area contributed by atoms with E-state index in [4.69, 9.17) is 4.74 Å². The number of rotatable bonds is 3. The van der Waals surface area contributed by atoms with Crippen LogP contribution in [0.4, 0.5) is 0 Å². The monoisotopic (exact) mass is 296 g/mol. The van der Waals surface area contributed by atoms with Crippen LogP contribution in [-0.2, 0) is 4.74 Å². The van der Waals surface area contributed by atoms with Crippen LogP contribution < -0.4 is 5.43 Å². The summed E-state index contributed by atoms with van der Waals surface area (Å²) in [7, 11) is 0. The van der Waals surface area contributed by atoms with Gasteiger partial charge in [-0.1, -0.05) is 6.07 Å². The van der Waals surface area contributed by atoms with E-state index >= 15 is 0 Å². The molecule has 2 heterocycles. The summed E-state index contributed by atoms with van der Waals surface area (Å²) >= 11 is 0. The maximum absolute atomic E-state index is 12.8. The standard InChI is InChI=1S/C17H16N2O3/c1-3-22-17(21)15-14(12-5-4-8-18-12)16(20)11-7-6-10(2)9-13(11)19-15/h4-9,18H,3H2,1-2H3,(H,19,20). The molecule has 0 saturated heterocycles. The van der Waals surface area contributed by atoms with Crippen molar-refractivity contribution in [3.63, 3.8) is 0 Å². The number of carbonyl (C=O) groups excluding carboxylic acids is 1. The largest absolute Gasteiger partial charge is 0.461 e. The Bertz CT molecular complexity index is 892. The lowest BCUT2D eigenvalue weighted by Gasteiger charge is -2.10. The van der Waals surface area contributed by atoms with Crippen molar-refractivity contribution in [2.75, 3.05) is 6.61 Å². The Morgan fingerprint density at radius 3 is 2.77 bits per heavy atom. The van der Waals surface area contributed by atoms with Crippen LogP contribution in [0.1, 0.15) is 23.0 Å². The van der Waals surface area contributed by atoms with E-state index in [0.717, 1.165) is 5.56 Å². The summed E-state index contributed by atoms with van der Waals surface area (Å²) in [6.07, 6.45) is 1.71. The van der Waals surface area contributed by atoms with Crippen molar-refractivity contribution in [2.24, 2.45) is 0 Å². The number of aryl methyl sites for hydroxylation is 1. The molecule has 2 N–H and O–H groups in total. The van der Waals surface area contributed by atoms with Crippen LogP contribution in [-0.4, -0.2) is 22.5 Å². The number of hydrogen-bond donors (Lipinski definition) is 2. The zero-order valence-electron chi connectivity index (χ0n) is 12.4. The van der Waals surface area contributed by atoms with Gasteiger partial charge in [0, 0.05) is 11.6 Å². The minimum absolute atomic E-state index is 0.174. The molecular weight excluding hydrogens is 280 g/mol. The van der Waals surface area contributed by atoms with E-state index in [1.54, 1.807) is 31.3 Å². The second kappa shape index (κ2) is 5.52. The Morgan fingerprint density at radius 1 is 1.27 bits per heavy atom. The maximum Gasteiger partial charge on any atom is 0.355 e. The predicted molar refractivity (Wildman–Crippen MR) is 85.0 cm³/mol. The first-order chi connectivity index (χ1) is 10.6. The lowest BCUT2D eigenvalue weighted by Crippen LogP contribution is -2.17. The van der Waals surface area contributed by atoms with E-state index in [2.05, 4.69) is 9.97 Å². The summed E-state index contributed by atoms with van der Waals surface area (Å²) in [4.78, 5) is 31.1. The topological polar surface area (TPSA) is 75.0 Å². The van der Waals surface area contributed by atoms with Gasteiger partial charge in [0.05, 0.1) is 23.4 Å². The van der Waals surface area contributed by atoms with Crippen LogP contribution in [0.5, 0.6) is 0 Å². The number of fused-ring (bicyclic) bond motifs is 1. The van der Waals surface area contributed by atoms with Gasteiger partial charge in [0.2, 0.25) is 0 Å². The second-order valence-electron chi connectivity index (χ2n) is 5.06. The third kappa shape index (κ3) is 2.30. The lowest BCUT2D eigenvalue weighted by molar-refractivity contribution is 0.0521. The highest BCUT2D eigenvalue weighted by Gasteiger charge is 2.20. The van der Waals surface area contributed by atoms with E-state index in [-0.39, 0.29) is 17.7 Å². The average Bonchev–Trinajstić information content (AvgIpc) is 3.00. The van der Waals surface area contributed by atoms with Gasteiger partial charge in [0.15, 0.2) is 5.43 Å². The number of H-pyrrole nitrogens is 2. The van der Waals surface area contributed by atoms with Gasteiger partial charge in [0.25, 0.3) is 0 Å². The number of ether oxygens (including phenoxy) is 1. The minimum Gasteiger partial charge on any atom is -0.461 e. The van der Waals surface area contributed by atoms with E-state index in [1.165, 1.54) is 0 Å². The first kappa shape index (κ1) is 14.1. The molecule has 0 amide bonds.